The van der Waals surface area contributed by atoms with Gasteiger partial charge >= 0.3 is 0 Å². The van der Waals surface area contributed by atoms with Crippen molar-refractivity contribution in [2.45, 2.75) is 24.5 Å². The van der Waals surface area contributed by atoms with Crippen molar-refractivity contribution >= 4 is 17.1 Å². The van der Waals surface area contributed by atoms with E-state index in [0.717, 1.165) is 4.57 Å². The number of aliphatic hydroxyl groups excluding tert-OH is 3. The fourth-order valence-corrected chi connectivity index (χ4v) is 2.20. The molecule has 0 bridgehead atoms. The van der Waals surface area contributed by atoms with Crippen LogP contribution in [0, 0.1) is 0 Å². The number of nitrogen functional groups attached to an aromatic ring is 1. The maximum atomic E-state index is 10.1. The van der Waals surface area contributed by atoms with Crippen LogP contribution in [-0.2, 0) is 4.74 Å². The van der Waals surface area contributed by atoms with E-state index in [1.165, 1.54) is 0 Å². The summed E-state index contributed by atoms with van der Waals surface area (Å²) in [4.78, 5) is 11.4. The second kappa shape index (κ2) is 5.07. The highest BCUT2D eigenvalue weighted by molar-refractivity contribution is 5.77. The number of hydrogen-bond donors (Lipinski definition) is 4. The van der Waals surface area contributed by atoms with Crippen molar-refractivity contribution in [3.63, 3.8) is 0 Å². The number of aliphatic hydroxyl groups is 3. The first-order valence-corrected chi connectivity index (χ1v) is 5.96. The summed E-state index contributed by atoms with van der Waals surface area (Å²) >= 11 is 0. The molecular weight excluding hydrogens is 282 g/mol. The van der Waals surface area contributed by atoms with Crippen LogP contribution in [0.15, 0.2) is 6.30 Å². The summed E-state index contributed by atoms with van der Waals surface area (Å²) in [5, 5.41) is 29.2. The van der Waals surface area contributed by atoms with Gasteiger partial charge < -0.3 is 30.5 Å². The highest BCUT2D eigenvalue weighted by Crippen LogP contribution is 2.32. The SMILES string of the molecule is [2H]c1nc2c(OC([2H])([2H])[2H])nc(N)nc2n1[C@@H]1O[C@@H](CO)C(O)C1O. The summed E-state index contributed by atoms with van der Waals surface area (Å²) in [6.07, 6.45) is -5.71. The Bertz CT molecular complexity index is 799. The molecule has 10 heteroatoms. The maximum absolute atomic E-state index is 10.1. The van der Waals surface area contributed by atoms with Gasteiger partial charge in [0.2, 0.25) is 11.8 Å². The molecular formula is C11H15N5O5. The van der Waals surface area contributed by atoms with E-state index in [2.05, 4.69) is 15.0 Å². The average molecular weight is 301 g/mol. The third kappa shape index (κ3) is 2.08. The van der Waals surface area contributed by atoms with Crippen molar-refractivity contribution in [1.29, 1.82) is 0 Å². The van der Waals surface area contributed by atoms with Crippen LogP contribution >= 0.6 is 0 Å². The van der Waals surface area contributed by atoms with Gasteiger partial charge in [-0.2, -0.15) is 9.97 Å². The minimum atomic E-state index is -2.83. The van der Waals surface area contributed by atoms with Gasteiger partial charge in [-0.3, -0.25) is 4.57 Å². The van der Waals surface area contributed by atoms with Crippen LogP contribution in [0.3, 0.4) is 0 Å². The molecule has 0 amide bonds. The molecule has 1 saturated heterocycles. The highest BCUT2D eigenvalue weighted by Gasteiger charge is 2.44. The predicted octanol–water partition coefficient (Wildman–Crippen LogP) is -1.97. The van der Waals surface area contributed by atoms with Gasteiger partial charge in [-0.15, -0.1) is 0 Å². The zero-order chi connectivity index (χ0) is 18.5. The second-order valence-electron chi connectivity index (χ2n) is 4.47. The maximum Gasteiger partial charge on any atom is 0.246 e. The van der Waals surface area contributed by atoms with E-state index in [4.69, 9.17) is 20.7 Å². The Kier molecular flexibility index (Phi) is 2.38. The molecule has 1 aliphatic rings. The Balaban J connectivity index is 2.13. The van der Waals surface area contributed by atoms with Crippen molar-refractivity contribution in [2.24, 2.45) is 0 Å². The fraction of sp³-hybridized carbons (Fsp3) is 0.545. The molecule has 0 radical (unpaired) electrons. The Morgan fingerprint density at radius 3 is 3.00 bits per heavy atom. The number of aromatic nitrogens is 4. The highest BCUT2D eigenvalue weighted by atomic mass is 16.6. The van der Waals surface area contributed by atoms with E-state index in [0.29, 0.717) is 0 Å². The van der Waals surface area contributed by atoms with Gasteiger partial charge in [0.05, 0.1) is 24.1 Å². The lowest BCUT2D eigenvalue weighted by Gasteiger charge is -2.16. The number of fused-ring (bicyclic) bond motifs is 1. The summed E-state index contributed by atoms with van der Waals surface area (Å²) in [5.41, 5.74) is 5.26. The molecule has 0 aromatic carbocycles. The number of ether oxygens (including phenoxy) is 2. The Labute approximate surface area is 124 Å². The molecule has 4 atom stereocenters. The number of imidazole rings is 1. The van der Waals surface area contributed by atoms with Crippen LogP contribution in [0.4, 0.5) is 5.95 Å². The molecule has 1 fully saturated rings. The standard InChI is InChI=1S/C11H15N5O5/c1-20-9-5-8(14-11(12)15-9)16(3-13-5)10-7(19)6(18)4(2-17)21-10/h3-4,6-7,10,17-19H,2H2,1H3,(H2,12,14,15)/t4-,6?,7?,10+/m0/s1/i1D3,3D. The lowest BCUT2D eigenvalue weighted by molar-refractivity contribution is -0.0511. The molecule has 1 aliphatic heterocycles. The molecule has 2 aromatic rings. The van der Waals surface area contributed by atoms with Crippen LogP contribution in [-0.4, -0.2) is 66.8 Å². The summed E-state index contributed by atoms with van der Waals surface area (Å²) in [5.74, 6) is -0.805. The first kappa shape index (κ1) is 9.84. The Hall–Kier alpha value is -2.01. The van der Waals surface area contributed by atoms with Crippen molar-refractivity contribution in [3.05, 3.63) is 6.30 Å². The van der Waals surface area contributed by atoms with E-state index in [9.17, 15) is 15.3 Å². The number of nitrogens with zero attached hydrogens (tertiary/aromatic N) is 4. The fourth-order valence-electron chi connectivity index (χ4n) is 2.20. The summed E-state index contributed by atoms with van der Waals surface area (Å²) < 4.78 is 40.5. The Morgan fingerprint density at radius 1 is 1.52 bits per heavy atom. The summed E-state index contributed by atoms with van der Waals surface area (Å²) in [6, 6.07) is 0. The first-order chi connectivity index (χ1) is 11.6. The summed E-state index contributed by atoms with van der Waals surface area (Å²) in [6.45, 7) is -0.556. The Morgan fingerprint density at radius 2 is 2.33 bits per heavy atom. The van der Waals surface area contributed by atoms with E-state index in [1.54, 1.807) is 0 Å². The van der Waals surface area contributed by atoms with Crippen molar-refractivity contribution in [1.82, 2.24) is 19.5 Å². The van der Waals surface area contributed by atoms with E-state index in [-0.39, 0.29) is 17.1 Å². The smallest absolute Gasteiger partial charge is 0.246 e. The van der Waals surface area contributed by atoms with Crippen LogP contribution in [0.5, 0.6) is 5.88 Å². The molecule has 0 saturated carbocycles. The third-order valence-electron chi connectivity index (χ3n) is 3.22. The molecule has 3 heterocycles. The molecule has 5 N–H and O–H groups in total. The number of anilines is 1. The van der Waals surface area contributed by atoms with Gasteiger partial charge in [0.15, 0.2) is 17.4 Å². The van der Waals surface area contributed by atoms with Crippen molar-refractivity contribution in [3.8, 4) is 5.88 Å². The van der Waals surface area contributed by atoms with Gasteiger partial charge in [0, 0.05) is 0 Å². The largest absolute Gasteiger partial charge is 0.479 e. The van der Waals surface area contributed by atoms with E-state index in [1.807, 2.05) is 0 Å². The molecule has 3 rings (SSSR count). The predicted molar refractivity (Wildman–Crippen MR) is 69.3 cm³/mol. The molecule has 2 aromatic heterocycles. The molecule has 10 nitrogen and oxygen atoms in total. The van der Waals surface area contributed by atoms with Crippen molar-refractivity contribution in [2.75, 3.05) is 19.4 Å². The molecule has 0 spiro atoms. The van der Waals surface area contributed by atoms with Gasteiger partial charge in [-0.1, -0.05) is 0 Å². The minimum Gasteiger partial charge on any atom is -0.479 e. The zero-order valence-corrected chi connectivity index (χ0v) is 10.5. The number of rotatable bonds is 3. The van der Waals surface area contributed by atoms with Crippen LogP contribution in [0.2, 0.25) is 0 Å². The van der Waals surface area contributed by atoms with E-state index < -0.39 is 50.4 Å². The van der Waals surface area contributed by atoms with Crippen LogP contribution < -0.4 is 10.5 Å². The molecule has 21 heavy (non-hydrogen) atoms. The van der Waals surface area contributed by atoms with Crippen LogP contribution in [0.1, 0.15) is 11.7 Å². The lowest BCUT2D eigenvalue weighted by Crippen LogP contribution is -2.33. The topological polar surface area (TPSA) is 149 Å². The first-order valence-electron chi connectivity index (χ1n) is 7.96. The van der Waals surface area contributed by atoms with Gasteiger partial charge in [0.1, 0.15) is 19.7 Å². The molecule has 0 aliphatic carbocycles. The summed E-state index contributed by atoms with van der Waals surface area (Å²) in [7, 11) is -2.83. The van der Waals surface area contributed by atoms with Crippen LogP contribution in [0.25, 0.3) is 11.2 Å². The zero-order valence-electron chi connectivity index (χ0n) is 14.5. The van der Waals surface area contributed by atoms with Gasteiger partial charge in [0.25, 0.3) is 0 Å². The molecule has 2 unspecified atom stereocenters. The number of nitrogens with two attached hydrogens (primary N) is 1. The monoisotopic (exact) mass is 301 g/mol. The van der Waals surface area contributed by atoms with Gasteiger partial charge in [-0.05, 0) is 0 Å². The molecule has 114 valence electrons. The van der Waals surface area contributed by atoms with E-state index >= 15 is 0 Å². The quantitative estimate of drug-likeness (QED) is 0.506. The lowest BCUT2D eigenvalue weighted by atomic mass is 10.1. The van der Waals surface area contributed by atoms with Gasteiger partial charge in [-0.25, -0.2) is 4.98 Å². The normalized spacial score (nSPS) is 32.5. The van der Waals surface area contributed by atoms with Crippen molar-refractivity contribution < 1.29 is 30.3 Å². The number of hydrogen-bond acceptors (Lipinski definition) is 9. The second-order valence-corrected chi connectivity index (χ2v) is 4.47. The number of methoxy groups -OCH3 is 1. The minimum absolute atomic E-state index is 0.119. The third-order valence-corrected chi connectivity index (χ3v) is 3.22. The average Bonchev–Trinajstić information content (AvgIpc) is 2.95.